The molecule has 0 aromatic heterocycles. The van der Waals surface area contributed by atoms with E-state index in [2.05, 4.69) is 0 Å². The van der Waals surface area contributed by atoms with Crippen molar-refractivity contribution in [3.63, 3.8) is 0 Å². The Morgan fingerprint density at radius 1 is 1.04 bits per heavy atom. The first-order chi connectivity index (χ1) is 10.7. The van der Waals surface area contributed by atoms with Crippen molar-refractivity contribution in [2.45, 2.75) is 27.2 Å². The first-order valence-corrected chi connectivity index (χ1v) is 7.44. The molecule has 0 saturated carbocycles. The van der Waals surface area contributed by atoms with Crippen LogP contribution in [-0.2, 0) is 4.79 Å². The van der Waals surface area contributed by atoms with Crippen molar-refractivity contribution in [3.05, 3.63) is 53.6 Å². The van der Waals surface area contributed by atoms with Crippen molar-refractivity contribution in [3.8, 4) is 11.1 Å². The summed E-state index contributed by atoms with van der Waals surface area (Å²) in [4.78, 5) is 23.4. The van der Waals surface area contributed by atoms with Gasteiger partial charge >= 0.3 is 5.97 Å². The van der Waals surface area contributed by atoms with E-state index in [0.717, 1.165) is 22.4 Å². The second-order valence-electron chi connectivity index (χ2n) is 6.44. The summed E-state index contributed by atoms with van der Waals surface area (Å²) in [5.74, 6) is -1.14. The van der Waals surface area contributed by atoms with E-state index < -0.39 is 11.4 Å². The van der Waals surface area contributed by atoms with Gasteiger partial charge in [-0.05, 0) is 49.6 Å². The van der Waals surface area contributed by atoms with Crippen molar-refractivity contribution >= 4 is 17.4 Å². The van der Waals surface area contributed by atoms with E-state index in [1.54, 1.807) is 26.0 Å². The first-order valence-electron chi connectivity index (χ1n) is 7.44. The summed E-state index contributed by atoms with van der Waals surface area (Å²) in [5.41, 5.74) is 9.05. The predicted octanol–water partition coefficient (Wildman–Crippen LogP) is 3.93. The third-order valence-electron chi connectivity index (χ3n) is 3.99. The molecule has 0 aliphatic carbocycles. The van der Waals surface area contributed by atoms with Crippen LogP contribution in [0.2, 0.25) is 0 Å². The number of hydrogen-bond acceptors (Lipinski definition) is 3. The molecule has 0 atom stereocenters. The third-order valence-corrected chi connectivity index (χ3v) is 3.99. The summed E-state index contributed by atoms with van der Waals surface area (Å²) in [6.07, 6.45) is -0.0251. The number of carboxylic acid groups (broad SMARTS) is 1. The highest BCUT2D eigenvalue weighted by atomic mass is 16.4. The van der Waals surface area contributed by atoms with Gasteiger partial charge in [0.05, 0.1) is 5.41 Å². The Hall–Kier alpha value is -2.62. The number of carbonyl (C=O) groups excluding carboxylic acids is 1. The number of rotatable bonds is 5. The highest BCUT2D eigenvalue weighted by Gasteiger charge is 2.30. The molecule has 2 aromatic carbocycles. The number of nitrogen functional groups attached to an aromatic ring is 1. The molecule has 120 valence electrons. The number of ketones is 1. The number of nitrogens with two attached hydrogens (primary N) is 1. The molecule has 3 N–H and O–H groups in total. The van der Waals surface area contributed by atoms with E-state index in [1.165, 1.54) is 0 Å². The summed E-state index contributed by atoms with van der Waals surface area (Å²) < 4.78 is 0. The Kier molecular flexibility index (Phi) is 4.55. The standard InChI is InChI=1S/C19H21NO3/c1-12-10-15(8-9-16(12)20)13-4-6-14(7-5-13)17(21)11-19(2,3)18(22)23/h4-10H,11,20H2,1-3H3,(H,22,23). The summed E-state index contributed by atoms with van der Waals surface area (Å²) in [7, 11) is 0. The zero-order valence-electron chi connectivity index (χ0n) is 13.6. The van der Waals surface area contributed by atoms with Crippen LogP contribution >= 0.6 is 0 Å². The molecule has 0 radical (unpaired) electrons. The number of carbonyl (C=O) groups is 2. The van der Waals surface area contributed by atoms with Crippen molar-refractivity contribution < 1.29 is 14.7 Å². The molecule has 0 unspecified atom stereocenters. The van der Waals surface area contributed by atoms with Gasteiger partial charge < -0.3 is 10.8 Å². The SMILES string of the molecule is Cc1cc(-c2ccc(C(=O)CC(C)(C)C(=O)O)cc2)ccc1N. The van der Waals surface area contributed by atoms with E-state index in [0.29, 0.717) is 5.56 Å². The molecule has 0 amide bonds. The van der Waals surface area contributed by atoms with Crippen molar-refractivity contribution in [2.75, 3.05) is 5.73 Å². The van der Waals surface area contributed by atoms with Crippen LogP contribution in [0.1, 0.15) is 36.2 Å². The predicted molar refractivity (Wildman–Crippen MR) is 91.4 cm³/mol. The van der Waals surface area contributed by atoms with Crippen LogP contribution in [0.4, 0.5) is 5.69 Å². The van der Waals surface area contributed by atoms with Crippen LogP contribution in [0, 0.1) is 12.3 Å². The zero-order chi connectivity index (χ0) is 17.2. The van der Waals surface area contributed by atoms with Gasteiger partial charge in [-0.3, -0.25) is 9.59 Å². The van der Waals surface area contributed by atoms with Gasteiger partial charge in [0.1, 0.15) is 0 Å². The molecule has 0 fully saturated rings. The summed E-state index contributed by atoms with van der Waals surface area (Å²) in [5, 5.41) is 9.12. The van der Waals surface area contributed by atoms with Gasteiger partial charge in [0.2, 0.25) is 0 Å². The van der Waals surface area contributed by atoms with Gasteiger partial charge in [0.15, 0.2) is 5.78 Å². The number of anilines is 1. The number of benzene rings is 2. The van der Waals surface area contributed by atoms with E-state index in [-0.39, 0.29) is 12.2 Å². The van der Waals surface area contributed by atoms with Crippen LogP contribution in [0.5, 0.6) is 0 Å². The molecular formula is C19H21NO3. The molecule has 0 spiro atoms. The fourth-order valence-corrected chi connectivity index (χ4v) is 2.28. The number of carboxylic acids is 1. The minimum atomic E-state index is -1.07. The monoisotopic (exact) mass is 311 g/mol. The Balaban J connectivity index is 2.20. The van der Waals surface area contributed by atoms with Crippen molar-refractivity contribution in [2.24, 2.45) is 5.41 Å². The summed E-state index contributed by atoms with van der Waals surface area (Å²) in [6.45, 7) is 5.06. The minimum Gasteiger partial charge on any atom is -0.481 e. The molecule has 0 bridgehead atoms. The van der Waals surface area contributed by atoms with Crippen LogP contribution < -0.4 is 5.73 Å². The quantitative estimate of drug-likeness (QED) is 0.647. The highest BCUT2D eigenvalue weighted by molar-refractivity contribution is 5.99. The molecule has 0 aliphatic heterocycles. The van der Waals surface area contributed by atoms with Gasteiger partial charge in [0, 0.05) is 17.7 Å². The first kappa shape index (κ1) is 16.7. The molecule has 2 rings (SSSR count). The lowest BCUT2D eigenvalue weighted by atomic mass is 9.85. The third kappa shape index (κ3) is 3.77. The summed E-state index contributed by atoms with van der Waals surface area (Å²) >= 11 is 0. The van der Waals surface area contributed by atoms with Crippen LogP contribution in [0.25, 0.3) is 11.1 Å². The van der Waals surface area contributed by atoms with E-state index >= 15 is 0 Å². The Morgan fingerprint density at radius 3 is 2.13 bits per heavy atom. The lowest BCUT2D eigenvalue weighted by Gasteiger charge is -2.17. The van der Waals surface area contributed by atoms with Crippen molar-refractivity contribution in [1.29, 1.82) is 0 Å². The van der Waals surface area contributed by atoms with Crippen molar-refractivity contribution in [1.82, 2.24) is 0 Å². The zero-order valence-corrected chi connectivity index (χ0v) is 13.6. The number of Topliss-reactive ketones (excluding diaryl/α,β-unsaturated/α-hetero) is 1. The molecule has 23 heavy (non-hydrogen) atoms. The maximum absolute atomic E-state index is 12.2. The molecular weight excluding hydrogens is 290 g/mol. The lowest BCUT2D eigenvalue weighted by molar-refractivity contribution is -0.146. The lowest BCUT2D eigenvalue weighted by Crippen LogP contribution is -2.26. The number of hydrogen-bond donors (Lipinski definition) is 2. The smallest absolute Gasteiger partial charge is 0.309 e. The van der Waals surface area contributed by atoms with Crippen LogP contribution in [0.3, 0.4) is 0 Å². The van der Waals surface area contributed by atoms with Gasteiger partial charge in [-0.25, -0.2) is 0 Å². The molecule has 0 saturated heterocycles. The van der Waals surface area contributed by atoms with Crippen LogP contribution in [0.15, 0.2) is 42.5 Å². The second kappa shape index (κ2) is 6.24. The van der Waals surface area contributed by atoms with E-state index in [1.807, 2.05) is 37.3 Å². The van der Waals surface area contributed by atoms with E-state index in [4.69, 9.17) is 10.8 Å². The maximum atomic E-state index is 12.2. The maximum Gasteiger partial charge on any atom is 0.309 e. The van der Waals surface area contributed by atoms with Gasteiger partial charge in [0.25, 0.3) is 0 Å². The number of aliphatic carboxylic acids is 1. The average molecular weight is 311 g/mol. The van der Waals surface area contributed by atoms with Gasteiger partial charge in [-0.15, -0.1) is 0 Å². The average Bonchev–Trinajstić information content (AvgIpc) is 2.49. The van der Waals surface area contributed by atoms with Gasteiger partial charge in [-0.2, -0.15) is 0 Å². The van der Waals surface area contributed by atoms with Crippen LogP contribution in [-0.4, -0.2) is 16.9 Å². The minimum absolute atomic E-state index is 0.0251. The fourth-order valence-electron chi connectivity index (χ4n) is 2.28. The van der Waals surface area contributed by atoms with Gasteiger partial charge in [-0.1, -0.05) is 30.3 Å². The Morgan fingerprint density at radius 2 is 1.61 bits per heavy atom. The molecule has 0 aliphatic rings. The molecule has 0 heterocycles. The normalized spacial score (nSPS) is 11.3. The second-order valence-corrected chi connectivity index (χ2v) is 6.44. The Bertz CT molecular complexity index is 746. The van der Waals surface area contributed by atoms with E-state index in [9.17, 15) is 9.59 Å². The fraction of sp³-hybridized carbons (Fsp3) is 0.263. The largest absolute Gasteiger partial charge is 0.481 e. The molecule has 2 aromatic rings. The molecule has 4 heteroatoms. The summed E-state index contributed by atoms with van der Waals surface area (Å²) in [6, 6.07) is 13.0. The topological polar surface area (TPSA) is 80.4 Å². The highest BCUT2D eigenvalue weighted by Crippen LogP contribution is 2.26. The Labute approximate surface area is 136 Å². The number of aryl methyl sites for hydroxylation is 1. The molecule has 4 nitrogen and oxygen atoms in total.